The summed E-state index contributed by atoms with van der Waals surface area (Å²) in [6, 6.07) is 8.96. The van der Waals surface area contributed by atoms with Gasteiger partial charge in [0.1, 0.15) is 0 Å². The lowest BCUT2D eigenvalue weighted by molar-refractivity contribution is 0.285. The molecule has 1 heterocycles. The highest BCUT2D eigenvalue weighted by atomic mass is 79.9. The minimum absolute atomic E-state index is 0.148. The molecular weight excluding hydrogens is 362 g/mol. The molecule has 0 fully saturated rings. The summed E-state index contributed by atoms with van der Waals surface area (Å²) in [7, 11) is -3.57. The summed E-state index contributed by atoms with van der Waals surface area (Å²) in [6.45, 7) is 1.80. The molecule has 0 aliphatic heterocycles. The van der Waals surface area contributed by atoms with Gasteiger partial charge >= 0.3 is 0 Å². The molecule has 0 atom stereocenters. The molecule has 7 heteroatoms. The van der Waals surface area contributed by atoms with Crippen LogP contribution in [0, 0.1) is 6.92 Å². The van der Waals surface area contributed by atoms with Crippen LogP contribution in [0.4, 0.5) is 0 Å². The molecule has 0 radical (unpaired) electrons. The van der Waals surface area contributed by atoms with Crippen molar-refractivity contribution in [1.29, 1.82) is 0 Å². The second kappa shape index (κ2) is 6.36. The quantitative estimate of drug-likeness (QED) is 0.844. The Kier molecular flexibility index (Phi) is 4.98. The van der Waals surface area contributed by atoms with Crippen LogP contribution in [0.3, 0.4) is 0 Å². The SMILES string of the molecule is Cc1sc(CO)cc1S(=O)(=O)NCc1ccccc1Br. The fourth-order valence-electron chi connectivity index (χ4n) is 1.76. The Morgan fingerprint density at radius 2 is 2.05 bits per heavy atom. The molecule has 0 aliphatic rings. The van der Waals surface area contributed by atoms with Crippen molar-refractivity contribution in [3.63, 3.8) is 0 Å². The average Bonchev–Trinajstić information content (AvgIpc) is 2.80. The van der Waals surface area contributed by atoms with Gasteiger partial charge in [-0.15, -0.1) is 11.3 Å². The van der Waals surface area contributed by atoms with Crippen molar-refractivity contribution >= 4 is 37.3 Å². The van der Waals surface area contributed by atoms with Crippen molar-refractivity contribution in [2.75, 3.05) is 0 Å². The van der Waals surface area contributed by atoms with E-state index in [1.807, 2.05) is 24.3 Å². The van der Waals surface area contributed by atoms with Crippen molar-refractivity contribution in [2.24, 2.45) is 0 Å². The lowest BCUT2D eigenvalue weighted by Gasteiger charge is -2.07. The summed E-state index contributed by atoms with van der Waals surface area (Å²) in [5.41, 5.74) is 0.867. The van der Waals surface area contributed by atoms with Crippen LogP contribution in [0.2, 0.25) is 0 Å². The Bertz CT molecular complexity index is 710. The maximum atomic E-state index is 12.3. The Balaban J connectivity index is 2.19. The van der Waals surface area contributed by atoms with Gasteiger partial charge in [-0.1, -0.05) is 34.1 Å². The molecule has 0 amide bonds. The predicted octanol–water partition coefficient (Wildman–Crippen LogP) is 2.79. The number of sulfonamides is 1. The number of aliphatic hydroxyl groups is 1. The number of nitrogens with one attached hydrogen (secondary N) is 1. The number of hydrogen-bond acceptors (Lipinski definition) is 4. The summed E-state index contributed by atoms with van der Waals surface area (Å²) in [5, 5.41) is 9.07. The van der Waals surface area contributed by atoms with E-state index in [1.54, 1.807) is 6.92 Å². The minimum atomic E-state index is -3.57. The van der Waals surface area contributed by atoms with Crippen LogP contribution < -0.4 is 4.72 Å². The third kappa shape index (κ3) is 3.48. The number of benzene rings is 1. The predicted molar refractivity (Wildman–Crippen MR) is 83.1 cm³/mol. The molecule has 108 valence electrons. The summed E-state index contributed by atoms with van der Waals surface area (Å²) in [4.78, 5) is 1.55. The van der Waals surface area contributed by atoms with Gasteiger partial charge in [-0.25, -0.2) is 13.1 Å². The molecule has 0 spiro atoms. The van der Waals surface area contributed by atoms with E-state index in [2.05, 4.69) is 20.7 Å². The number of hydrogen-bond donors (Lipinski definition) is 2. The number of aryl methyl sites for hydroxylation is 1. The largest absolute Gasteiger partial charge is 0.391 e. The van der Waals surface area contributed by atoms with E-state index in [1.165, 1.54) is 17.4 Å². The van der Waals surface area contributed by atoms with E-state index in [-0.39, 0.29) is 18.0 Å². The molecule has 0 saturated heterocycles. The van der Waals surface area contributed by atoms with Crippen molar-refractivity contribution in [1.82, 2.24) is 4.72 Å². The van der Waals surface area contributed by atoms with Gasteiger partial charge in [-0.3, -0.25) is 0 Å². The first-order valence-corrected chi connectivity index (χ1v) is 8.96. The fourth-order valence-corrected chi connectivity index (χ4v) is 4.69. The Hall–Kier alpha value is -0.730. The highest BCUT2D eigenvalue weighted by molar-refractivity contribution is 9.10. The van der Waals surface area contributed by atoms with Crippen LogP contribution in [-0.4, -0.2) is 13.5 Å². The van der Waals surface area contributed by atoms with Gasteiger partial charge in [0.25, 0.3) is 0 Å². The van der Waals surface area contributed by atoms with Crippen molar-refractivity contribution in [3.05, 3.63) is 50.1 Å². The van der Waals surface area contributed by atoms with E-state index in [4.69, 9.17) is 5.11 Å². The van der Waals surface area contributed by atoms with E-state index in [0.717, 1.165) is 10.0 Å². The van der Waals surface area contributed by atoms with E-state index < -0.39 is 10.0 Å². The van der Waals surface area contributed by atoms with Crippen molar-refractivity contribution < 1.29 is 13.5 Å². The number of halogens is 1. The molecule has 4 nitrogen and oxygen atoms in total. The highest BCUT2D eigenvalue weighted by Gasteiger charge is 2.19. The van der Waals surface area contributed by atoms with E-state index in [0.29, 0.717) is 9.75 Å². The Labute approximate surface area is 130 Å². The van der Waals surface area contributed by atoms with Crippen molar-refractivity contribution in [3.8, 4) is 0 Å². The number of aliphatic hydroxyl groups excluding tert-OH is 1. The molecular formula is C13H14BrNO3S2. The maximum Gasteiger partial charge on any atom is 0.241 e. The molecule has 1 aromatic carbocycles. The smallest absolute Gasteiger partial charge is 0.241 e. The van der Waals surface area contributed by atoms with Crippen molar-refractivity contribution in [2.45, 2.75) is 25.0 Å². The zero-order valence-electron chi connectivity index (χ0n) is 10.8. The highest BCUT2D eigenvalue weighted by Crippen LogP contribution is 2.26. The molecule has 20 heavy (non-hydrogen) atoms. The topological polar surface area (TPSA) is 66.4 Å². The second-order valence-corrected chi connectivity index (χ2v) is 8.14. The second-order valence-electron chi connectivity index (χ2n) is 4.21. The van der Waals surface area contributed by atoms with E-state index in [9.17, 15) is 8.42 Å². The average molecular weight is 376 g/mol. The third-order valence-electron chi connectivity index (χ3n) is 2.78. The fraction of sp³-hybridized carbons (Fsp3) is 0.231. The Morgan fingerprint density at radius 3 is 2.65 bits per heavy atom. The molecule has 0 bridgehead atoms. The summed E-state index contributed by atoms with van der Waals surface area (Å²) in [5.74, 6) is 0. The summed E-state index contributed by atoms with van der Waals surface area (Å²) < 4.78 is 28.0. The zero-order valence-corrected chi connectivity index (χ0v) is 14.0. The first-order chi connectivity index (χ1) is 9.44. The molecule has 0 unspecified atom stereocenters. The zero-order chi connectivity index (χ0) is 14.8. The van der Waals surface area contributed by atoms with Crippen LogP contribution >= 0.6 is 27.3 Å². The van der Waals surface area contributed by atoms with Gasteiger partial charge in [0.05, 0.1) is 11.5 Å². The monoisotopic (exact) mass is 375 g/mol. The first-order valence-electron chi connectivity index (χ1n) is 5.87. The molecule has 0 aliphatic carbocycles. The van der Waals surface area contributed by atoms with Crippen LogP contribution in [-0.2, 0) is 23.2 Å². The minimum Gasteiger partial charge on any atom is -0.391 e. The molecule has 2 aromatic rings. The summed E-state index contributed by atoms with van der Waals surface area (Å²) >= 11 is 4.67. The van der Waals surface area contributed by atoms with Crippen LogP contribution in [0.1, 0.15) is 15.3 Å². The lowest BCUT2D eigenvalue weighted by atomic mass is 10.2. The lowest BCUT2D eigenvalue weighted by Crippen LogP contribution is -2.23. The van der Waals surface area contributed by atoms with Gasteiger partial charge < -0.3 is 5.11 Å². The maximum absolute atomic E-state index is 12.3. The van der Waals surface area contributed by atoms with Gasteiger partial charge in [0.2, 0.25) is 10.0 Å². The van der Waals surface area contributed by atoms with Gasteiger partial charge in [0.15, 0.2) is 0 Å². The molecule has 0 saturated carbocycles. The third-order valence-corrected chi connectivity index (χ3v) is 6.24. The van der Waals surface area contributed by atoms with Gasteiger partial charge in [-0.05, 0) is 24.6 Å². The van der Waals surface area contributed by atoms with Crippen LogP contribution in [0.25, 0.3) is 0 Å². The van der Waals surface area contributed by atoms with Crippen LogP contribution in [0.15, 0.2) is 39.7 Å². The molecule has 2 N–H and O–H groups in total. The first kappa shape index (κ1) is 15.7. The normalized spacial score (nSPS) is 11.8. The number of rotatable bonds is 5. The molecule has 1 aromatic heterocycles. The van der Waals surface area contributed by atoms with Gasteiger partial charge in [0, 0.05) is 20.8 Å². The van der Waals surface area contributed by atoms with Gasteiger partial charge in [-0.2, -0.15) is 0 Å². The van der Waals surface area contributed by atoms with Crippen LogP contribution in [0.5, 0.6) is 0 Å². The molecule has 2 rings (SSSR count). The summed E-state index contributed by atoms with van der Waals surface area (Å²) in [6.07, 6.45) is 0. The van der Waals surface area contributed by atoms with E-state index >= 15 is 0 Å². The standard InChI is InChI=1S/C13H14BrNO3S2/c1-9-13(6-11(8-16)19-9)20(17,18)15-7-10-4-2-3-5-12(10)14/h2-6,15-16H,7-8H2,1H3. The number of thiophene rings is 1. The Morgan fingerprint density at radius 1 is 1.35 bits per heavy atom.